The molecule has 0 saturated heterocycles. The molecule has 1 heterocycles. The fraction of sp³-hybridized carbons (Fsp3) is 0.375. The molecule has 1 amide bonds. The Morgan fingerprint density at radius 3 is 2.87 bits per heavy atom. The molecule has 0 aliphatic heterocycles. The van der Waals surface area contributed by atoms with Crippen molar-refractivity contribution in [2.45, 2.75) is 32.2 Å². The van der Waals surface area contributed by atoms with E-state index in [2.05, 4.69) is 10.4 Å². The van der Waals surface area contributed by atoms with Gasteiger partial charge in [0.05, 0.1) is 0 Å². The number of nitrogens with zero attached hydrogens (tertiary/aromatic N) is 2. The lowest BCUT2D eigenvalue weighted by atomic mass is 10.2. The average molecular weight is 339 g/mol. The fourth-order valence-corrected chi connectivity index (χ4v) is 2.79. The highest BCUT2D eigenvalue weighted by Crippen LogP contribution is 2.28. The molecule has 23 heavy (non-hydrogen) atoms. The third kappa shape index (κ3) is 3.23. The lowest BCUT2D eigenvalue weighted by Crippen LogP contribution is -2.38. The normalized spacial score (nSPS) is 14.0. The molecule has 1 aliphatic carbocycles. The third-order valence-corrected chi connectivity index (χ3v) is 3.96. The maximum atomic E-state index is 14.0. The molecule has 0 spiro atoms. The van der Waals surface area contributed by atoms with Gasteiger partial charge in [-0.15, -0.1) is 12.4 Å². The molecule has 124 valence electrons. The van der Waals surface area contributed by atoms with E-state index in [4.69, 9.17) is 5.73 Å². The molecular weight excluding hydrogens is 319 g/mol. The minimum Gasteiger partial charge on any atom is -0.347 e. The van der Waals surface area contributed by atoms with Gasteiger partial charge in [-0.25, -0.2) is 9.07 Å². The van der Waals surface area contributed by atoms with E-state index in [-0.39, 0.29) is 30.2 Å². The van der Waals surface area contributed by atoms with Crippen LogP contribution in [0.4, 0.5) is 4.39 Å². The Bertz CT molecular complexity index is 716. The van der Waals surface area contributed by atoms with Gasteiger partial charge in [0.15, 0.2) is 5.69 Å². The summed E-state index contributed by atoms with van der Waals surface area (Å²) in [6.07, 6.45) is 2.55. The molecule has 2 aromatic rings. The van der Waals surface area contributed by atoms with Crippen molar-refractivity contribution in [2.24, 2.45) is 5.73 Å². The first kappa shape index (κ1) is 17.4. The van der Waals surface area contributed by atoms with Crippen molar-refractivity contribution in [1.82, 2.24) is 15.1 Å². The number of aromatic nitrogens is 2. The fourth-order valence-electron chi connectivity index (χ4n) is 2.79. The van der Waals surface area contributed by atoms with Crippen LogP contribution in [0.2, 0.25) is 0 Å². The minimum atomic E-state index is -0.345. The van der Waals surface area contributed by atoms with Crippen LogP contribution < -0.4 is 11.1 Å². The SMILES string of the molecule is C[C@@H](CN)NC(=O)c1nn(-c2ccccc2F)c2c1CCC2.Cl. The molecule has 3 rings (SSSR count). The number of hydrogen-bond donors (Lipinski definition) is 2. The Kier molecular flexibility index (Phi) is 5.38. The zero-order valence-corrected chi connectivity index (χ0v) is 13.7. The summed E-state index contributed by atoms with van der Waals surface area (Å²) in [6.45, 7) is 2.20. The summed E-state index contributed by atoms with van der Waals surface area (Å²) in [5.74, 6) is -0.590. The number of nitrogens with two attached hydrogens (primary N) is 1. The molecule has 0 fully saturated rings. The highest BCUT2D eigenvalue weighted by molar-refractivity contribution is 5.94. The van der Waals surface area contributed by atoms with Gasteiger partial charge in [0, 0.05) is 23.8 Å². The van der Waals surface area contributed by atoms with Crippen LogP contribution in [-0.4, -0.2) is 28.3 Å². The number of nitrogens with one attached hydrogen (secondary N) is 1. The number of hydrogen-bond acceptors (Lipinski definition) is 3. The number of para-hydroxylation sites is 1. The third-order valence-electron chi connectivity index (χ3n) is 3.96. The number of fused-ring (bicyclic) bond motifs is 1. The van der Waals surface area contributed by atoms with Gasteiger partial charge in [-0.1, -0.05) is 12.1 Å². The van der Waals surface area contributed by atoms with E-state index in [0.717, 1.165) is 30.5 Å². The molecular formula is C16H20ClFN4O. The Morgan fingerprint density at radius 1 is 1.43 bits per heavy atom. The Hall–Kier alpha value is -1.92. The van der Waals surface area contributed by atoms with Gasteiger partial charge in [-0.3, -0.25) is 4.79 Å². The van der Waals surface area contributed by atoms with Gasteiger partial charge in [-0.2, -0.15) is 5.10 Å². The second-order valence-electron chi connectivity index (χ2n) is 5.60. The van der Waals surface area contributed by atoms with Crippen molar-refractivity contribution in [3.05, 3.63) is 47.0 Å². The van der Waals surface area contributed by atoms with Crippen LogP contribution in [-0.2, 0) is 12.8 Å². The summed E-state index contributed by atoms with van der Waals surface area (Å²) in [6, 6.07) is 6.35. The van der Waals surface area contributed by atoms with E-state index in [1.807, 2.05) is 6.92 Å². The van der Waals surface area contributed by atoms with Gasteiger partial charge in [0.25, 0.3) is 5.91 Å². The smallest absolute Gasteiger partial charge is 0.272 e. The summed E-state index contributed by atoms with van der Waals surface area (Å²) in [5, 5.41) is 7.20. The Morgan fingerprint density at radius 2 is 2.17 bits per heavy atom. The highest BCUT2D eigenvalue weighted by atomic mass is 35.5. The topological polar surface area (TPSA) is 72.9 Å². The minimum absolute atomic E-state index is 0. The lowest BCUT2D eigenvalue weighted by molar-refractivity contribution is 0.0935. The van der Waals surface area contributed by atoms with Gasteiger partial charge < -0.3 is 11.1 Å². The number of halogens is 2. The van der Waals surface area contributed by atoms with Gasteiger partial charge in [-0.05, 0) is 38.3 Å². The first-order chi connectivity index (χ1) is 10.6. The first-order valence-electron chi connectivity index (χ1n) is 7.48. The van der Waals surface area contributed by atoms with E-state index in [0.29, 0.717) is 17.9 Å². The number of benzene rings is 1. The summed E-state index contributed by atoms with van der Waals surface area (Å²) >= 11 is 0. The van der Waals surface area contributed by atoms with Crippen LogP contribution >= 0.6 is 12.4 Å². The van der Waals surface area contributed by atoms with Crippen molar-refractivity contribution in [1.29, 1.82) is 0 Å². The van der Waals surface area contributed by atoms with Crippen LogP contribution in [0.15, 0.2) is 24.3 Å². The highest BCUT2D eigenvalue weighted by Gasteiger charge is 2.28. The van der Waals surface area contributed by atoms with Crippen LogP contribution in [0, 0.1) is 5.82 Å². The van der Waals surface area contributed by atoms with Crippen LogP contribution in [0.25, 0.3) is 5.69 Å². The predicted octanol–water partition coefficient (Wildman–Crippen LogP) is 2.00. The Balaban J connectivity index is 0.00000192. The van der Waals surface area contributed by atoms with E-state index in [1.54, 1.807) is 22.9 Å². The molecule has 1 atom stereocenters. The summed E-state index contributed by atoms with van der Waals surface area (Å²) in [4.78, 5) is 12.4. The molecule has 0 saturated carbocycles. The summed E-state index contributed by atoms with van der Waals surface area (Å²) in [7, 11) is 0. The maximum absolute atomic E-state index is 14.0. The van der Waals surface area contributed by atoms with Crippen molar-refractivity contribution in [2.75, 3.05) is 6.54 Å². The number of carbonyl (C=O) groups is 1. The summed E-state index contributed by atoms with van der Waals surface area (Å²) < 4.78 is 15.6. The molecule has 1 aromatic carbocycles. The van der Waals surface area contributed by atoms with Crippen molar-refractivity contribution < 1.29 is 9.18 Å². The van der Waals surface area contributed by atoms with E-state index < -0.39 is 0 Å². The van der Waals surface area contributed by atoms with Gasteiger partial charge >= 0.3 is 0 Å². The molecule has 1 aliphatic rings. The largest absolute Gasteiger partial charge is 0.347 e. The second-order valence-corrected chi connectivity index (χ2v) is 5.60. The zero-order chi connectivity index (χ0) is 15.7. The van der Waals surface area contributed by atoms with E-state index in [1.165, 1.54) is 6.07 Å². The van der Waals surface area contributed by atoms with Crippen molar-refractivity contribution >= 4 is 18.3 Å². The van der Waals surface area contributed by atoms with E-state index in [9.17, 15) is 9.18 Å². The number of rotatable bonds is 4. The van der Waals surface area contributed by atoms with Crippen LogP contribution in [0.3, 0.4) is 0 Å². The summed E-state index contributed by atoms with van der Waals surface area (Å²) in [5.41, 5.74) is 8.15. The molecule has 3 N–H and O–H groups in total. The lowest BCUT2D eigenvalue weighted by Gasteiger charge is -2.10. The second kappa shape index (κ2) is 7.10. The zero-order valence-electron chi connectivity index (χ0n) is 12.9. The standard InChI is InChI=1S/C16H19FN4O.ClH/c1-10(9-18)19-16(22)15-11-5-4-8-13(11)21(20-15)14-7-3-2-6-12(14)17;/h2-3,6-7,10H,4-5,8-9,18H2,1H3,(H,19,22);1H/t10-;/m0./s1. The molecule has 7 heteroatoms. The Labute approximate surface area is 140 Å². The number of carbonyl (C=O) groups excluding carboxylic acids is 1. The monoisotopic (exact) mass is 338 g/mol. The maximum Gasteiger partial charge on any atom is 0.272 e. The molecule has 0 unspecified atom stereocenters. The first-order valence-corrected chi connectivity index (χ1v) is 7.48. The molecule has 0 radical (unpaired) electrons. The van der Waals surface area contributed by atoms with E-state index >= 15 is 0 Å². The molecule has 1 aromatic heterocycles. The quantitative estimate of drug-likeness (QED) is 0.895. The van der Waals surface area contributed by atoms with Crippen molar-refractivity contribution in [3.63, 3.8) is 0 Å². The number of amides is 1. The van der Waals surface area contributed by atoms with Crippen molar-refractivity contribution in [3.8, 4) is 5.69 Å². The van der Waals surface area contributed by atoms with Gasteiger partial charge in [0.1, 0.15) is 11.5 Å². The van der Waals surface area contributed by atoms with Crippen LogP contribution in [0.5, 0.6) is 0 Å². The molecule has 5 nitrogen and oxygen atoms in total. The van der Waals surface area contributed by atoms with Crippen LogP contribution in [0.1, 0.15) is 35.1 Å². The average Bonchev–Trinajstić information content (AvgIpc) is 3.09. The molecule has 0 bridgehead atoms. The van der Waals surface area contributed by atoms with Gasteiger partial charge in [0.2, 0.25) is 0 Å². The predicted molar refractivity (Wildman–Crippen MR) is 88.8 cm³/mol.